The maximum absolute atomic E-state index is 4.68. The molecule has 0 fully saturated rings. The maximum Gasteiger partial charge on any atom is 0.225 e. The number of rotatable bonds is 5. The second kappa shape index (κ2) is 7.74. The molecular weight excluding hydrogens is 342 g/mol. The van der Waals surface area contributed by atoms with E-state index in [-0.39, 0.29) is 5.54 Å². The van der Waals surface area contributed by atoms with Crippen LogP contribution in [0.5, 0.6) is 0 Å². The number of anilines is 3. The van der Waals surface area contributed by atoms with E-state index in [0.29, 0.717) is 5.95 Å². The Bertz CT molecular complexity index is 875. The Morgan fingerprint density at radius 3 is 2.38 bits per heavy atom. The molecule has 26 heavy (non-hydrogen) atoms. The van der Waals surface area contributed by atoms with E-state index in [0.717, 1.165) is 22.8 Å². The molecule has 0 radical (unpaired) electrons. The molecule has 0 aliphatic heterocycles. The molecule has 3 aromatic rings. The monoisotopic (exact) mass is 365 g/mol. The summed E-state index contributed by atoms with van der Waals surface area (Å²) in [4.78, 5) is 14.6. The van der Waals surface area contributed by atoms with Gasteiger partial charge in [-0.1, -0.05) is 12.1 Å². The molecule has 0 amide bonds. The molecule has 0 unspecified atom stereocenters. The summed E-state index contributed by atoms with van der Waals surface area (Å²) < 4.78 is 0. The zero-order valence-corrected chi connectivity index (χ0v) is 16.3. The van der Waals surface area contributed by atoms with Gasteiger partial charge in [-0.25, -0.2) is 4.98 Å². The largest absolute Gasteiger partial charge is 0.350 e. The van der Waals surface area contributed by atoms with Crippen molar-refractivity contribution in [1.29, 1.82) is 0 Å². The Morgan fingerprint density at radius 2 is 1.69 bits per heavy atom. The SMILES string of the molecule is CSc1ccccc1Nc1cc(-c2ccncc2)nc(NC(C)(C)C)n1. The van der Waals surface area contributed by atoms with Crippen molar-refractivity contribution >= 4 is 29.2 Å². The number of pyridine rings is 1. The Labute approximate surface area is 158 Å². The average molecular weight is 366 g/mol. The number of thioether (sulfide) groups is 1. The minimum atomic E-state index is -0.134. The van der Waals surface area contributed by atoms with Crippen molar-refractivity contribution in [3.8, 4) is 11.3 Å². The molecule has 0 bridgehead atoms. The fraction of sp³-hybridized carbons (Fsp3) is 0.250. The van der Waals surface area contributed by atoms with Crippen molar-refractivity contribution in [3.05, 3.63) is 54.9 Å². The van der Waals surface area contributed by atoms with Gasteiger partial charge >= 0.3 is 0 Å². The lowest BCUT2D eigenvalue weighted by atomic mass is 10.1. The first-order valence-electron chi connectivity index (χ1n) is 8.42. The summed E-state index contributed by atoms with van der Waals surface area (Å²) in [5.41, 5.74) is 2.74. The minimum absolute atomic E-state index is 0.134. The molecule has 0 aliphatic rings. The van der Waals surface area contributed by atoms with Crippen molar-refractivity contribution in [1.82, 2.24) is 15.0 Å². The number of hydrogen-bond acceptors (Lipinski definition) is 6. The van der Waals surface area contributed by atoms with Gasteiger partial charge in [0.15, 0.2) is 0 Å². The van der Waals surface area contributed by atoms with Crippen LogP contribution in [0.1, 0.15) is 20.8 Å². The Hall–Kier alpha value is -2.60. The predicted molar refractivity (Wildman–Crippen MR) is 110 cm³/mol. The second-order valence-corrected chi connectivity index (χ2v) is 7.75. The fourth-order valence-corrected chi connectivity index (χ4v) is 3.01. The molecule has 134 valence electrons. The summed E-state index contributed by atoms with van der Waals surface area (Å²) >= 11 is 1.70. The van der Waals surface area contributed by atoms with E-state index in [9.17, 15) is 0 Å². The Balaban J connectivity index is 2.02. The van der Waals surface area contributed by atoms with Crippen LogP contribution in [0.3, 0.4) is 0 Å². The van der Waals surface area contributed by atoms with Gasteiger partial charge in [-0.15, -0.1) is 11.8 Å². The number of hydrogen-bond donors (Lipinski definition) is 2. The molecule has 2 N–H and O–H groups in total. The highest BCUT2D eigenvalue weighted by molar-refractivity contribution is 7.98. The summed E-state index contributed by atoms with van der Waals surface area (Å²) in [6, 6.07) is 14.0. The molecule has 5 nitrogen and oxygen atoms in total. The van der Waals surface area contributed by atoms with Crippen molar-refractivity contribution in [2.75, 3.05) is 16.9 Å². The van der Waals surface area contributed by atoms with E-state index in [4.69, 9.17) is 0 Å². The number of para-hydroxylation sites is 1. The molecule has 6 heteroatoms. The maximum atomic E-state index is 4.68. The van der Waals surface area contributed by atoms with Crippen LogP contribution in [-0.4, -0.2) is 26.7 Å². The van der Waals surface area contributed by atoms with Gasteiger partial charge in [0.2, 0.25) is 5.95 Å². The third-order valence-corrected chi connectivity index (χ3v) is 4.35. The average Bonchev–Trinajstić information content (AvgIpc) is 2.61. The molecule has 0 aliphatic carbocycles. The van der Waals surface area contributed by atoms with Crippen LogP contribution in [0.25, 0.3) is 11.3 Å². The molecule has 1 aromatic carbocycles. The number of nitrogens with zero attached hydrogens (tertiary/aromatic N) is 3. The topological polar surface area (TPSA) is 62.7 Å². The zero-order valence-electron chi connectivity index (χ0n) is 15.4. The van der Waals surface area contributed by atoms with Crippen molar-refractivity contribution in [2.45, 2.75) is 31.2 Å². The number of benzene rings is 1. The normalized spacial score (nSPS) is 11.2. The molecule has 3 rings (SSSR count). The Kier molecular flexibility index (Phi) is 5.42. The first kappa shape index (κ1) is 18.2. The van der Waals surface area contributed by atoms with Gasteiger partial charge in [0.05, 0.1) is 11.4 Å². The summed E-state index contributed by atoms with van der Waals surface area (Å²) in [5, 5.41) is 6.80. The Morgan fingerprint density at radius 1 is 0.962 bits per heavy atom. The van der Waals surface area contributed by atoms with Crippen LogP contribution in [0.15, 0.2) is 59.8 Å². The van der Waals surface area contributed by atoms with Crippen molar-refractivity contribution in [2.24, 2.45) is 0 Å². The molecule has 0 saturated heterocycles. The van der Waals surface area contributed by atoms with Crippen LogP contribution in [-0.2, 0) is 0 Å². The third-order valence-electron chi connectivity index (χ3n) is 3.56. The predicted octanol–water partition coefficient (Wildman–Crippen LogP) is 5.21. The quantitative estimate of drug-likeness (QED) is 0.605. The number of nitrogens with one attached hydrogen (secondary N) is 2. The van der Waals surface area contributed by atoms with E-state index >= 15 is 0 Å². The molecule has 2 aromatic heterocycles. The smallest absolute Gasteiger partial charge is 0.225 e. The lowest BCUT2D eigenvalue weighted by Gasteiger charge is -2.21. The van der Waals surface area contributed by atoms with Gasteiger partial charge in [-0.05, 0) is 51.3 Å². The van der Waals surface area contributed by atoms with Crippen LogP contribution < -0.4 is 10.6 Å². The first-order valence-corrected chi connectivity index (χ1v) is 9.65. The van der Waals surface area contributed by atoms with Gasteiger partial charge in [-0.2, -0.15) is 4.98 Å². The highest BCUT2D eigenvalue weighted by atomic mass is 32.2. The van der Waals surface area contributed by atoms with Gasteiger partial charge in [-0.3, -0.25) is 4.98 Å². The molecule has 0 atom stereocenters. The van der Waals surface area contributed by atoms with E-state index in [1.165, 1.54) is 4.90 Å². The summed E-state index contributed by atoms with van der Waals surface area (Å²) in [6.45, 7) is 6.27. The van der Waals surface area contributed by atoms with Gasteiger partial charge in [0, 0.05) is 34.5 Å². The summed E-state index contributed by atoms with van der Waals surface area (Å²) in [6.07, 6.45) is 5.60. The lowest BCUT2D eigenvalue weighted by molar-refractivity contribution is 0.626. The minimum Gasteiger partial charge on any atom is -0.350 e. The highest BCUT2D eigenvalue weighted by Gasteiger charge is 2.14. The molecule has 0 spiro atoms. The lowest BCUT2D eigenvalue weighted by Crippen LogP contribution is -2.27. The van der Waals surface area contributed by atoms with Crippen LogP contribution in [0.4, 0.5) is 17.5 Å². The van der Waals surface area contributed by atoms with Gasteiger partial charge in [0.1, 0.15) is 5.82 Å². The molecular formula is C20H23N5S. The van der Waals surface area contributed by atoms with Crippen molar-refractivity contribution < 1.29 is 0 Å². The summed E-state index contributed by atoms with van der Waals surface area (Å²) in [5.74, 6) is 1.34. The van der Waals surface area contributed by atoms with E-state index in [1.54, 1.807) is 24.2 Å². The molecule has 0 saturated carbocycles. The van der Waals surface area contributed by atoms with E-state index in [1.807, 2.05) is 30.3 Å². The van der Waals surface area contributed by atoms with Crippen LogP contribution >= 0.6 is 11.8 Å². The molecule has 2 heterocycles. The van der Waals surface area contributed by atoms with E-state index in [2.05, 4.69) is 64.7 Å². The van der Waals surface area contributed by atoms with Crippen molar-refractivity contribution in [3.63, 3.8) is 0 Å². The second-order valence-electron chi connectivity index (χ2n) is 6.90. The van der Waals surface area contributed by atoms with Gasteiger partial charge in [0.25, 0.3) is 0 Å². The third kappa shape index (κ3) is 4.73. The zero-order chi connectivity index (χ0) is 18.6. The summed E-state index contributed by atoms with van der Waals surface area (Å²) in [7, 11) is 0. The first-order chi connectivity index (χ1) is 12.4. The van der Waals surface area contributed by atoms with Crippen LogP contribution in [0.2, 0.25) is 0 Å². The standard InChI is InChI=1S/C20H23N5S/c1-20(2,3)25-19-23-16(14-9-11-21-12-10-14)13-18(24-19)22-15-7-5-6-8-17(15)26-4/h5-13H,1-4H3,(H2,22,23,24,25). The number of aromatic nitrogens is 3. The fourth-order valence-electron chi connectivity index (χ4n) is 2.46. The highest BCUT2D eigenvalue weighted by Crippen LogP contribution is 2.29. The van der Waals surface area contributed by atoms with Gasteiger partial charge < -0.3 is 10.6 Å². The van der Waals surface area contributed by atoms with Crippen LogP contribution in [0, 0.1) is 0 Å². The van der Waals surface area contributed by atoms with E-state index < -0.39 is 0 Å².